The second kappa shape index (κ2) is 6.71. The van der Waals surface area contributed by atoms with Crippen LogP contribution in [-0.4, -0.2) is 30.4 Å². The highest BCUT2D eigenvalue weighted by Gasteiger charge is 2.26. The van der Waals surface area contributed by atoms with Gasteiger partial charge in [-0.3, -0.25) is 4.79 Å². The van der Waals surface area contributed by atoms with Crippen molar-refractivity contribution < 1.29 is 4.79 Å². The average Bonchev–Trinajstić information content (AvgIpc) is 2.82. The topological polar surface area (TPSA) is 46.3 Å². The summed E-state index contributed by atoms with van der Waals surface area (Å²) in [4.78, 5) is 14.0. The van der Waals surface area contributed by atoms with Crippen LogP contribution in [0.15, 0.2) is 30.3 Å². The van der Waals surface area contributed by atoms with E-state index in [2.05, 4.69) is 12.1 Å². The van der Waals surface area contributed by atoms with Crippen molar-refractivity contribution in [1.29, 1.82) is 0 Å². The van der Waals surface area contributed by atoms with Crippen molar-refractivity contribution in [2.24, 2.45) is 11.7 Å². The summed E-state index contributed by atoms with van der Waals surface area (Å²) in [5.74, 6) is 0.630. The largest absolute Gasteiger partial charge is 0.345 e. The van der Waals surface area contributed by atoms with Crippen LogP contribution < -0.4 is 5.73 Å². The molecule has 104 valence electrons. The summed E-state index contributed by atoms with van der Waals surface area (Å²) >= 11 is 0. The van der Waals surface area contributed by atoms with Crippen molar-refractivity contribution >= 4 is 5.91 Å². The monoisotopic (exact) mass is 260 g/mol. The minimum Gasteiger partial charge on any atom is -0.345 e. The van der Waals surface area contributed by atoms with Gasteiger partial charge in [0.05, 0.1) is 0 Å². The Bertz CT molecular complexity index is 404. The van der Waals surface area contributed by atoms with E-state index in [0.29, 0.717) is 12.3 Å². The molecule has 2 rings (SSSR count). The highest BCUT2D eigenvalue weighted by molar-refractivity contribution is 5.76. The first kappa shape index (κ1) is 14.1. The fraction of sp³-hybridized carbons (Fsp3) is 0.562. The fourth-order valence-corrected chi connectivity index (χ4v) is 2.77. The third-order valence-corrected chi connectivity index (χ3v) is 4.16. The van der Waals surface area contributed by atoms with Crippen molar-refractivity contribution in [2.45, 2.75) is 38.1 Å². The molecule has 0 aromatic heterocycles. The van der Waals surface area contributed by atoms with E-state index >= 15 is 0 Å². The van der Waals surface area contributed by atoms with Crippen molar-refractivity contribution in [3.05, 3.63) is 35.9 Å². The summed E-state index contributed by atoms with van der Waals surface area (Å²) < 4.78 is 0. The van der Waals surface area contributed by atoms with Gasteiger partial charge in [-0.1, -0.05) is 36.8 Å². The van der Waals surface area contributed by atoms with E-state index in [9.17, 15) is 4.79 Å². The van der Waals surface area contributed by atoms with Gasteiger partial charge in [0.2, 0.25) is 5.91 Å². The van der Waals surface area contributed by atoms with Gasteiger partial charge >= 0.3 is 0 Å². The number of carbonyl (C=O) groups excluding carboxylic acids is 1. The molecule has 0 bridgehead atoms. The van der Waals surface area contributed by atoms with Gasteiger partial charge in [-0.15, -0.1) is 0 Å². The molecule has 19 heavy (non-hydrogen) atoms. The van der Waals surface area contributed by atoms with Crippen LogP contribution in [-0.2, 0) is 11.2 Å². The molecule has 0 unspecified atom stereocenters. The van der Waals surface area contributed by atoms with Crippen LogP contribution in [0.25, 0.3) is 0 Å². The van der Waals surface area contributed by atoms with Crippen molar-refractivity contribution in [3.8, 4) is 0 Å². The Morgan fingerprint density at radius 1 is 1.32 bits per heavy atom. The molecule has 1 fully saturated rings. The van der Waals surface area contributed by atoms with Gasteiger partial charge in [-0.25, -0.2) is 0 Å². The highest BCUT2D eigenvalue weighted by Crippen LogP contribution is 2.27. The van der Waals surface area contributed by atoms with Gasteiger partial charge in [-0.2, -0.15) is 0 Å². The summed E-state index contributed by atoms with van der Waals surface area (Å²) in [5.41, 5.74) is 7.30. The minimum atomic E-state index is 0.228. The Labute approximate surface area is 115 Å². The number of likely N-dealkylation sites (N-methyl/N-ethyl adjacent to an activating group) is 1. The van der Waals surface area contributed by atoms with Crippen molar-refractivity contribution in [1.82, 2.24) is 4.90 Å². The number of carbonyl (C=O) groups is 1. The van der Waals surface area contributed by atoms with E-state index in [1.54, 1.807) is 0 Å². The highest BCUT2D eigenvalue weighted by atomic mass is 16.2. The molecule has 0 radical (unpaired) electrons. The van der Waals surface area contributed by atoms with Crippen LogP contribution >= 0.6 is 0 Å². The van der Waals surface area contributed by atoms with E-state index in [-0.39, 0.29) is 11.9 Å². The van der Waals surface area contributed by atoms with Gasteiger partial charge in [0.15, 0.2) is 0 Å². The number of nitrogens with two attached hydrogens (primary N) is 1. The minimum absolute atomic E-state index is 0.228. The number of rotatable bonds is 5. The van der Waals surface area contributed by atoms with Crippen LogP contribution in [0.2, 0.25) is 0 Å². The number of hydrogen-bond donors (Lipinski definition) is 1. The van der Waals surface area contributed by atoms with E-state index in [1.807, 2.05) is 30.1 Å². The third kappa shape index (κ3) is 4.06. The third-order valence-electron chi connectivity index (χ3n) is 4.16. The van der Waals surface area contributed by atoms with Crippen LogP contribution in [0, 0.1) is 5.92 Å². The Morgan fingerprint density at radius 3 is 2.68 bits per heavy atom. The normalized spacial score (nSPS) is 22.4. The second-order valence-corrected chi connectivity index (χ2v) is 5.61. The maximum absolute atomic E-state index is 12.1. The van der Waals surface area contributed by atoms with Gasteiger partial charge in [0.1, 0.15) is 0 Å². The average molecular weight is 260 g/mol. The number of amides is 1. The molecule has 3 nitrogen and oxygen atoms in total. The molecule has 2 N–H and O–H groups in total. The van der Waals surface area contributed by atoms with E-state index in [0.717, 1.165) is 25.8 Å². The molecule has 2 atom stereocenters. The zero-order valence-electron chi connectivity index (χ0n) is 11.7. The first-order valence-corrected chi connectivity index (χ1v) is 7.20. The Morgan fingerprint density at radius 2 is 2.05 bits per heavy atom. The first-order chi connectivity index (χ1) is 9.16. The van der Waals surface area contributed by atoms with Crippen molar-refractivity contribution in [3.63, 3.8) is 0 Å². The lowest BCUT2D eigenvalue weighted by atomic mass is 9.99. The summed E-state index contributed by atoms with van der Waals surface area (Å²) in [6, 6.07) is 10.5. The number of benzene rings is 1. The molecule has 1 aliphatic carbocycles. The predicted molar refractivity (Wildman–Crippen MR) is 77.7 cm³/mol. The SMILES string of the molecule is CN(CCc1ccccc1)C(=O)C[C@@H]1CCC[C@H]1N. The van der Waals surface area contributed by atoms with Crippen LogP contribution in [0.1, 0.15) is 31.2 Å². The predicted octanol–water partition coefficient (Wildman–Crippen LogP) is 2.21. The van der Waals surface area contributed by atoms with E-state index < -0.39 is 0 Å². The second-order valence-electron chi connectivity index (χ2n) is 5.61. The number of nitrogens with zero attached hydrogens (tertiary/aromatic N) is 1. The maximum atomic E-state index is 12.1. The molecule has 3 heteroatoms. The zero-order valence-corrected chi connectivity index (χ0v) is 11.7. The van der Waals surface area contributed by atoms with Crippen LogP contribution in [0.3, 0.4) is 0 Å². The molecule has 0 aliphatic heterocycles. The van der Waals surface area contributed by atoms with Gasteiger partial charge in [0.25, 0.3) is 0 Å². The smallest absolute Gasteiger partial charge is 0.222 e. The lowest BCUT2D eigenvalue weighted by Crippen LogP contribution is -2.34. The summed E-state index contributed by atoms with van der Waals surface area (Å²) in [6.07, 6.45) is 4.89. The Kier molecular flexibility index (Phi) is 4.97. The number of hydrogen-bond acceptors (Lipinski definition) is 2. The zero-order chi connectivity index (χ0) is 13.7. The lowest BCUT2D eigenvalue weighted by Gasteiger charge is -2.21. The maximum Gasteiger partial charge on any atom is 0.222 e. The van der Waals surface area contributed by atoms with Crippen molar-refractivity contribution in [2.75, 3.05) is 13.6 Å². The molecule has 0 saturated heterocycles. The lowest BCUT2D eigenvalue weighted by molar-refractivity contribution is -0.130. The standard InChI is InChI=1S/C16H24N2O/c1-18(11-10-13-6-3-2-4-7-13)16(19)12-14-8-5-9-15(14)17/h2-4,6-7,14-15H,5,8-12,17H2,1H3/t14-,15+/m0/s1. The van der Waals surface area contributed by atoms with Gasteiger partial charge in [-0.05, 0) is 30.7 Å². The van der Waals surface area contributed by atoms with Gasteiger partial charge in [0, 0.05) is 26.1 Å². The van der Waals surface area contributed by atoms with E-state index in [4.69, 9.17) is 5.73 Å². The summed E-state index contributed by atoms with van der Waals surface area (Å²) in [6.45, 7) is 0.783. The fourth-order valence-electron chi connectivity index (χ4n) is 2.77. The molecule has 1 amide bonds. The Balaban J connectivity index is 1.76. The molecular weight excluding hydrogens is 236 g/mol. The molecule has 1 aromatic rings. The Hall–Kier alpha value is -1.35. The summed E-state index contributed by atoms with van der Waals surface area (Å²) in [5, 5.41) is 0. The van der Waals surface area contributed by atoms with Gasteiger partial charge < -0.3 is 10.6 Å². The molecule has 1 aliphatic rings. The molecule has 1 saturated carbocycles. The quantitative estimate of drug-likeness (QED) is 0.882. The summed E-state index contributed by atoms with van der Waals surface area (Å²) in [7, 11) is 1.89. The molecular formula is C16H24N2O. The molecule has 0 heterocycles. The van der Waals surface area contributed by atoms with Crippen LogP contribution in [0.4, 0.5) is 0 Å². The molecule has 0 spiro atoms. The molecule has 1 aromatic carbocycles. The first-order valence-electron chi connectivity index (χ1n) is 7.20. The van der Waals surface area contributed by atoms with Crippen LogP contribution in [0.5, 0.6) is 0 Å². The van der Waals surface area contributed by atoms with E-state index in [1.165, 1.54) is 12.0 Å².